The van der Waals surface area contributed by atoms with Crippen molar-refractivity contribution in [2.75, 3.05) is 20.7 Å². The minimum atomic E-state index is -0.874. The summed E-state index contributed by atoms with van der Waals surface area (Å²) in [5.74, 6) is -0.676. The molecule has 1 rings (SSSR count). The molecule has 1 N–H and O–H groups in total. The largest absolute Gasteiger partial charge is 0.496 e. The van der Waals surface area contributed by atoms with Crippen molar-refractivity contribution in [2.45, 2.75) is 12.8 Å². The van der Waals surface area contributed by atoms with Crippen molar-refractivity contribution in [1.82, 2.24) is 4.90 Å². The summed E-state index contributed by atoms with van der Waals surface area (Å²) in [5.41, 5.74) is 0.368. The number of methoxy groups -OCH3 is 1. The SMILES string of the molecule is COc1ccc(Cl)cc1C(=O)N(C)CCCC(=O)O. The van der Waals surface area contributed by atoms with Crippen molar-refractivity contribution in [2.24, 2.45) is 0 Å². The fourth-order valence-corrected chi connectivity index (χ4v) is 1.79. The highest BCUT2D eigenvalue weighted by atomic mass is 35.5. The predicted octanol–water partition coefficient (Wildman–Crippen LogP) is 2.29. The van der Waals surface area contributed by atoms with Crippen LogP contribution in [-0.2, 0) is 4.79 Å². The number of carboxylic acid groups (broad SMARTS) is 1. The van der Waals surface area contributed by atoms with E-state index < -0.39 is 5.97 Å². The van der Waals surface area contributed by atoms with Gasteiger partial charge >= 0.3 is 5.97 Å². The molecule has 5 nitrogen and oxygen atoms in total. The second-order valence-corrected chi connectivity index (χ2v) is 4.51. The van der Waals surface area contributed by atoms with E-state index in [1.54, 1.807) is 19.2 Å². The molecule has 104 valence electrons. The Morgan fingerprint density at radius 3 is 2.68 bits per heavy atom. The van der Waals surface area contributed by atoms with Crippen LogP contribution < -0.4 is 4.74 Å². The zero-order chi connectivity index (χ0) is 14.4. The number of benzene rings is 1. The molecule has 19 heavy (non-hydrogen) atoms. The van der Waals surface area contributed by atoms with Crippen LogP contribution >= 0.6 is 11.6 Å². The first-order chi connectivity index (χ1) is 8.95. The lowest BCUT2D eigenvalue weighted by Crippen LogP contribution is -2.28. The summed E-state index contributed by atoms with van der Waals surface area (Å²) in [5, 5.41) is 9.01. The van der Waals surface area contributed by atoms with Gasteiger partial charge in [-0.15, -0.1) is 0 Å². The van der Waals surface area contributed by atoms with E-state index in [0.29, 0.717) is 29.3 Å². The van der Waals surface area contributed by atoms with Gasteiger partial charge in [0.05, 0.1) is 12.7 Å². The molecule has 0 atom stereocenters. The lowest BCUT2D eigenvalue weighted by atomic mass is 10.1. The van der Waals surface area contributed by atoms with Crippen LogP contribution in [0.15, 0.2) is 18.2 Å². The molecule has 0 radical (unpaired) electrons. The van der Waals surface area contributed by atoms with Crippen molar-refractivity contribution in [1.29, 1.82) is 0 Å². The minimum Gasteiger partial charge on any atom is -0.496 e. The summed E-state index contributed by atoms with van der Waals surface area (Å²) in [4.78, 5) is 24.1. The van der Waals surface area contributed by atoms with Gasteiger partial charge in [-0.2, -0.15) is 0 Å². The van der Waals surface area contributed by atoms with Gasteiger partial charge in [0.15, 0.2) is 0 Å². The van der Waals surface area contributed by atoms with E-state index in [1.165, 1.54) is 18.1 Å². The van der Waals surface area contributed by atoms with Gasteiger partial charge in [0, 0.05) is 25.0 Å². The average Bonchev–Trinajstić information content (AvgIpc) is 2.37. The maximum Gasteiger partial charge on any atom is 0.303 e. The van der Waals surface area contributed by atoms with Gasteiger partial charge in [0.2, 0.25) is 0 Å². The van der Waals surface area contributed by atoms with Crippen molar-refractivity contribution in [3.05, 3.63) is 28.8 Å². The van der Waals surface area contributed by atoms with Gasteiger partial charge in [-0.25, -0.2) is 0 Å². The van der Waals surface area contributed by atoms with Crippen LogP contribution in [0.25, 0.3) is 0 Å². The molecule has 0 heterocycles. The van der Waals surface area contributed by atoms with Gasteiger partial charge in [-0.1, -0.05) is 11.6 Å². The Morgan fingerprint density at radius 2 is 2.11 bits per heavy atom. The molecule has 0 bridgehead atoms. The minimum absolute atomic E-state index is 0.0320. The van der Waals surface area contributed by atoms with Gasteiger partial charge < -0.3 is 14.7 Å². The summed E-state index contributed by atoms with van der Waals surface area (Å²) in [6, 6.07) is 4.80. The summed E-state index contributed by atoms with van der Waals surface area (Å²) >= 11 is 5.86. The molecule has 0 aliphatic heterocycles. The Morgan fingerprint density at radius 1 is 1.42 bits per heavy atom. The number of hydrogen-bond acceptors (Lipinski definition) is 3. The highest BCUT2D eigenvalue weighted by Crippen LogP contribution is 2.23. The third-order valence-corrected chi connectivity index (χ3v) is 2.86. The number of carbonyl (C=O) groups excluding carboxylic acids is 1. The van der Waals surface area contributed by atoms with Crippen LogP contribution in [0.4, 0.5) is 0 Å². The lowest BCUT2D eigenvalue weighted by Gasteiger charge is -2.18. The zero-order valence-electron chi connectivity index (χ0n) is 10.9. The number of nitrogens with zero attached hydrogens (tertiary/aromatic N) is 1. The highest BCUT2D eigenvalue weighted by molar-refractivity contribution is 6.31. The van der Waals surface area contributed by atoms with Crippen LogP contribution in [-0.4, -0.2) is 42.6 Å². The van der Waals surface area contributed by atoms with E-state index in [-0.39, 0.29) is 12.3 Å². The van der Waals surface area contributed by atoms with Gasteiger partial charge in [-0.05, 0) is 24.6 Å². The van der Waals surface area contributed by atoms with Crippen LogP contribution in [0.3, 0.4) is 0 Å². The van der Waals surface area contributed by atoms with E-state index in [9.17, 15) is 9.59 Å². The second-order valence-electron chi connectivity index (χ2n) is 4.07. The van der Waals surface area contributed by atoms with E-state index in [0.717, 1.165) is 0 Å². The maximum atomic E-state index is 12.2. The third kappa shape index (κ3) is 4.44. The molecule has 0 unspecified atom stereocenters. The molecule has 6 heteroatoms. The number of carboxylic acids is 1. The molecular weight excluding hydrogens is 270 g/mol. The molecule has 0 aliphatic carbocycles. The Bertz CT molecular complexity index is 476. The number of ether oxygens (including phenoxy) is 1. The van der Waals surface area contributed by atoms with Gasteiger partial charge in [0.1, 0.15) is 5.75 Å². The summed E-state index contributed by atoms with van der Waals surface area (Å²) in [6.45, 7) is 0.362. The van der Waals surface area contributed by atoms with Crippen LogP contribution in [0.2, 0.25) is 5.02 Å². The van der Waals surface area contributed by atoms with E-state index in [1.807, 2.05) is 0 Å². The topological polar surface area (TPSA) is 66.8 Å². The molecule has 0 saturated carbocycles. The van der Waals surface area contributed by atoms with Crippen molar-refractivity contribution >= 4 is 23.5 Å². The summed E-state index contributed by atoms with van der Waals surface area (Å²) < 4.78 is 5.11. The van der Waals surface area contributed by atoms with E-state index >= 15 is 0 Å². The van der Waals surface area contributed by atoms with Gasteiger partial charge in [-0.3, -0.25) is 9.59 Å². The monoisotopic (exact) mass is 285 g/mol. The molecule has 1 aromatic rings. The molecule has 0 aromatic heterocycles. The van der Waals surface area contributed by atoms with Crippen molar-refractivity contribution in [3.63, 3.8) is 0 Å². The number of aliphatic carboxylic acids is 1. The Labute approximate surface area is 116 Å². The molecule has 0 aliphatic rings. The third-order valence-electron chi connectivity index (χ3n) is 2.62. The molecule has 1 aromatic carbocycles. The van der Waals surface area contributed by atoms with Gasteiger partial charge in [0.25, 0.3) is 5.91 Å². The van der Waals surface area contributed by atoms with Crippen LogP contribution in [0.1, 0.15) is 23.2 Å². The summed E-state index contributed by atoms with van der Waals surface area (Å²) in [7, 11) is 3.09. The standard InChI is InChI=1S/C13H16ClNO4/c1-15(7-3-4-12(16)17)13(18)10-8-9(14)5-6-11(10)19-2/h5-6,8H,3-4,7H2,1-2H3,(H,16,17). The molecule has 1 amide bonds. The van der Waals surface area contributed by atoms with Crippen LogP contribution in [0.5, 0.6) is 5.75 Å². The normalized spacial score (nSPS) is 10.1. The first-order valence-electron chi connectivity index (χ1n) is 5.76. The molecule has 0 saturated heterocycles. The number of carbonyl (C=O) groups is 2. The molecule has 0 spiro atoms. The molecule has 0 fully saturated rings. The number of hydrogen-bond donors (Lipinski definition) is 1. The first-order valence-corrected chi connectivity index (χ1v) is 6.14. The van der Waals surface area contributed by atoms with Crippen molar-refractivity contribution < 1.29 is 19.4 Å². The fourth-order valence-electron chi connectivity index (χ4n) is 1.62. The number of amides is 1. The quantitative estimate of drug-likeness (QED) is 0.871. The zero-order valence-corrected chi connectivity index (χ0v) is 11.6. The van der Waals surface area contributed by atoms with Crippen LogP contribution in [0, 0.1) is 0 Å². The Hall–Kier alpha value is -1.75. The fraction of sp³-hybridized carbons (Fsp3) is 0.385. The Balaban J connectivity index is 2.76. The maximum absolute atomic E-state index is 12.2. The lowest BCUT2D eigenvalue weighted by molar-refractivity contribution is -0.137. The molecular formula is C13H16ClNO4. The summed E-state index contributed by atoms with van der Waals surface area (Å²) in [6.07, 6.45) is 0.435. The van der Waals surface area contributed by atoms with E-state index in [4.69, 9.17) is 21.4 Å². The number of halogens is 1. The van der Waals surface area contributed by atoms with Crippen molar-refractivity contribution in [3.8, 4) is 5.75 Å². The number of rotatable bonds is 6. The Kier molecular flexibility index (Phi) is 5.63. The predicted molar refractivity (Wildman–Crippen MR) is 71.8 cm³/mol. The van der Waals surface area contributed by atoms with E-state index in [2.05, 4.69) is 0 Å². The average molecular weight is 286 g/mol. The highest BCUT2D eigenvalue weighted by Gasteiger charge is 2.17. The smallest absolute Gasteiger partial charge is 0.303 e. The second kappa shape index (κ2) is 6.99. The first kappa shape index (κ1) is 15.3.